The lowest BCUT2D eigenvalue weighted by atomic mass is 10.0. The van der Waals surface area contributed by atoms with E-state index >= 15 is 0 Å². The van der Waals surface area contributed by atoms with Gasteiger partial charge in [0.2, 0.25) is 5.91 Å². The minimum absolute atomic E-state index is 0.0177. The third kappa shape index (κ3) is 71.4. The molecule has 6 nitrogen and oxygen atoms in total. The number of rotatable bonds is 75. The summed E-state index contributed by atoms with van der Waals surface area (Å²) >= 11 is 0. The molecule has 3 N–H and O–H groups in total. The summed E-state index contributed by atoms with van der Waals surface area (Å²) < 4.78 is 5.52. The minimum atomic E-state index is -0.844. The number of esters is 1. The Morgan fingerprint density at radius 3 is 0.826 bits per heavy atom. The smallest absolute Gasteiger partial charge is 0.305 e. The van der Waals surface area contributed by atoms with Crippen LogP contribution in [0.2, 0.25) is 0 Å². The molecule has 0 spiro atoms. The first-order valence-corrected chi connectivity index (χ1v) is 39.6. The fraction of sp³-hybridized carbons (Fsp3) is 0.925. The van der Waals surface area contributed by atoms with Gasteiger partial charge in [0, 0.05) is 12.8 Å². The highest BCUT2D eigenvalue weighted by atomic mass is 16.5. The molecule has 2 atom stereocenters. The number of hydrogen-bond donors (Lipinski definition) is 3. The van der Waals surface area contributed by atoms with E-state index in [0.717, 1.165) is 38.5 Å². The van der Waals surface area contributed by atoms with Gasteiger partial charge in [-0.3, -0.25) is 9.59 Å². The maximum atomic E-state index is 12.6. The second-order valence-electron chi connectivity index (χ2n) is 27.4. The third-order valence-electron chi connectivity index (χ3n) is 18.7. The molecule has 0 aliphatic carbocycles. The normalized spacial score (nSPS) is 12.6. The summed E-state index contributed by atoms with van der Waals surface area (Å²) in [5.41, 5.74) is 0. The van der Waals surface area contributed by atoms with Gasteiger partial charge in [0.15, 0.2) is 0 Å². The van der Waals surface area contributed by atoms with Gasteiger partial charge < -0.3 is 20.3 Å². The van der Waals surface area contributed by atoms with E-state index in [9.17, 15) is 19.8 Å². The topological polar surface area (TPSA) is 95.9 Å². The van der Waals surface area contributed by atoms with Crippen LogP contribution in [0.15, 0.2) is 24.3 Å². The summed E-state index contributed by atoms with van der Waals surface area (Å²) in [6.45, 7) is 4.95. The van der Waals surface area contributed by atoms with Gasteiger partial charge in [-0.25, -0.2) is 0 Å². The van der Waals surface area contributed by atoms with Crippen LogP contribution < -0.4 is 5.32 Å². The lowest BCUT2D eigenvalue weighted by Crippen LogP contribution is -2.45. The van der Waals surface area contributed by atoms with E-state index in [2.05, 4.69) is 31.3 Å². The number of nitrogens with one attached hydrogen (secondary N) is 1. The Labute approximate surface area is 539 Å². The zero-order valence-electron chi connectivity index (χ0n) is 58.6. The van der Waals surface area contributed by atoms with Crippen molar-refractivity contribution in [1.82, 2.24) is 5.32 Å². The lowest BCUT2D eigenvalue weighted by molar-refractivity contribution is -0.143. The van der Waals surface area contributed by atoms with Crippen LogP contribution in [0.5, 0.6) is 0 Å². The highest BCUT2D eigenvalue weighted by Gasteiger charge is 2.18. The van der Waals surface area contributed by atoms with E-state index in [0.29, 0.717) is 19.4 Å². The van der Waals surface area contributed by atoms with E-state index in [1.165, 1.54) is 385 Å². The Kier molecular flexibility index (Phi) is 74.3. The maximum absolute atomic E-state index is 12.6. The monoisotopic (exact) mass is 1210 g/mol. The van der Waals surface area contributed by atoms with Gasteiger partial charge in [0.1, 0.15) is 0 Å². The molecule has 0 aromatic rings. The number of hydrogen-bond acceptors (Lipinski definition) is 5. The summed E-state index contributed by atoms with van der Waals surface area (Å²) in [5, 5.41) is 23.3. The van der Waals surface area contributed by atoms with Crippen LogP contribution in [-0.2, 0) is 14.3 Å². The van der Waals surface area contributed by atoms with E-state index in [-0.39, 0.29) is 18.5 Å². The van der Waals surface area contributed by atoms with Crippen LogP contribution in [0.25, 0.3) is 0 Å². The molecule has 0 aromatic heterocycles. The van der Waals surface area contributed by atoms with Crippen molar-refractivity contribution in [3.8, 4) is 0 Å². The molecule has 6 heteroatoms. The molecular formula is C80H155NO5. The number of carbonyl (C=O) groups is 2. The zero-order valence-corrected chi connectivity index (χ0v) is 58.6. The van der Waals surface area contributed by atoms with Crippen LogP contribution >= 0.6 is 0 Å². The highest BCUT2D eigenvalue weighted by molar-refractivity contribution is 5.76. The molecule has 0 heterocycles. The van der Waals surface area contributed by atoms with Crippen LogP contribution in [0.3, 0.4) is 0 Å². The first-order valence-electron chi connectivity index (χ1n) is 39.6. The predicted octanol–water partition coefficient (Wildman–Crippen LogP) is 26.0. The minimum Gasteiger partial charge on any atom is -0.466 e. The van der Waals surface area contributed by atoms with Gasteiger partial charge in [-0.05, 0) is 57.8 Å². The van der Waals surface area contributed by atoms with E-state index in [1.807, 2.05) is 6.08 Å². The van der Waals surface area contributed by atoms with Crippen LogP contribution in [-0.4, -0.2) is 47.4 Å². The second kappa shape index (κ2) is 75.8. The molecule has 0 aliphatic rings. The molecule has 2 unspecified atom stereocenters. The molecule has 510 valence electrons. The van der Waals surface area contributed by atoms with E-state index in [1.54, 1.807) is 6.08 Å². The summed E-state index contributed by atoms with van der Waals surface area (Å²) in [6, 6.07) is -0.628. The first-order chi connectivity index (χ1) is 42.5. The molecule has 0 aliphatic heterocycles. The van der Waals surface area contributed by atoms with Gasteiger partial charge in [-0.15, -0.1) is 0 Å². The van der Waals surface area contributed by atoms with E-state index < -0.39 is 12.1 Å². The number of amides is 1. The van der Waals surface area contributed by atoms with Gasteiger partial charge in [-0.2, -0.15) is 0 Å². The standard InChI is InChI=1S/C80H155NO5/c1-3-5-7-9-11-13-15-17-19-21-23-24-25-30-33-37-40-44-48-52-56-60-64-68-72-78(83)77(76-82)81-79(84)73-69-65-61-57-53-49-45-41-38-34-31-28-26-27-29-32-35-39-43-47-51-55-59-63-67-71-75-86-80(85)74-70-66-62-58-54-50-46-42-36-22-20-18-16-14-12-10-8-6-4-2/h18,20,68,72,77-78,82-83H,3-17,19,21-67,69-71,73-76H2,1-2H3,(H,81,84)/b20-18-,72-68+. The van der Waals surface area contributed by atoms with Crippen LogP contribution in [0.1, 0.15) is 450 Å². The number of aliphatic hydroxyl groups excluding tert-OH is 2. The van der Waals surface area contributed by atoms with Crippen molar-refractivity contribution < 1.29 is 24.5 Å². The molecule has 0 rings (SSSR count). The fourth-order valence-corrected chi connectivity index (χ4v) is 12.7. The number of allylic oxidation sites excluding steroid dienone is 3. The van der Waals surface area contributed by atoms with E-state index in [4.69, 9.17) is 4.74 Å². The first kappa shape index (κ1) is 84.3. The molecule has 0 fully saturated rings. The fourth-order valence-electron chi connectivity index (χ4n) is 12.7. The summed E-state index contributed by atoms with van der Waals surface area (Å²) in [5.74, 6) is -0.0427. The predicted molar refractivity (Wildman–Crippen MR) is 380 cm³/mol. The number of aliphatic hydroxyl groups is 2. The number of unbranched alkanes of at least 4 members (excludes halogenated alkanes) is 62. The van der Waals surface area contributed by atoms with Crippen molar-refractivity contribution in [2.45, 2.75) is 463 Å². The molecule has 1 amide bonds. The Hall–Kier alpha value is -1.66. The molecule has 0 bridgehead atoms. The quantitative estimate of drug-likeness (QED) is 0.0320. The van der Waals surface area contributed by atoms with Gasteiger partial charge in [0.25, 0.3) is 0 Å². The third-order valence-corrected chi connectivity index (χ3v) is 18.7. The van der Waals surface area contributed by atoms with Crippen molar-refractivity contribution in [1.29, 1.82) is 0 Å². The second-order valence-corrected chi connectivity index (χ2v) is 27.4. The molecule has 0 aromatic carbocycles. The van der Waals surface area contributed by atoms with Crippen LogP contribution in [0.4, 0.5) is 0 Å². The summed E-state index contributed by atoms with van der Waals surface area (Å²) in [4.78, 5) is 24.7. The van der Waals surface area contributed by atoms with Gasteiger partial charge >= 0.3 is 5.97 Å². The Bertz CT molecular complexity index is 1350. The van der Waals surface area contributed by atoms with Crippen molar-refractivity contribution in [3.05, 3.63) is 24.3 Å². The largest absolute Gasteiger partial charge is 0.466 e. The van der Waals surface area contributed by atoms with Crippen molar-refractivity contribution in [2.24, 2.45) is 0 Å². The molecule has 0 radical (unpaired) electrons. The lowest BCUT2D eigenvalue weighted by Gasteiger charge is -2.20. The zero-order chi connectivity index (χ0) is 62.0. The Morgan fingerprint density at radius 2 is 0.547 bits per heavy atom. The molecular weight excluding hydrogens is 1050 g/mol. The summed E-state index contributed by atoms with van der Waals surface area (Å²) in [6.07, 6.45) is 97.2. The average Bonchev–Trinajstić information content (AvgIpc) is 3.54. The van der Waals surface area contributed by atoms with Crippen molar-refractivity contribution in [2.75, 3.05) is 13.2 Å². The van der Waals surface area contributed by atoms with Gasteiger partial charge in [0.05, 0.1) is 25.4 Å². The van der Waals surface area contributed by atoms with Crippen molar-refractivity contribution >= 4 is 11.9 Å². The average molecular weight is 1210 g/mol. The number of ether oxygens (including phenoxy) is 1. The van der Waals surface area contributed by atoms with Gasteiger partial charge in [-0.1, -0.05) is 404 Å². The molecule has 86 heavy (non-hydrogen) atoms. The molecule has 0 saturated heterocycles. The summed E-state index contributed by atoms with van der Waals surface area (Å²) in [7, 11) is 0. The Balaban J connectivity index is 3.37. The van der Waals surface area contributed by atoms with Crippen molar-refractivity contribution in [3.63, 3.8) is 0 Å². The Morgan fingerprint density at radius 1 is 0.314 bits per heavy atom. The molecule has 0 saturated carbocycles. The number of carbonyl (C=O) groups excluding carboxylic acids is 2. The maximum Gasteiger partial charge on any atom is 0.305 e. The highest BCUT2D eigenvalue weighted by Crippen LogP contribution is 2.20. The van der Waals surface area contributed by atoms with Crippen LogP contribution in [0, 0.1) is 0 Å². The SMILES string of the molecule is CCCCCCCC/C=C\CCCCCCCCCCCC(=O)OCCCCCCCCCCCCCCCCCCCCCCCCCCCCC(=O)NC(CO)C(O)/C=C/CCCCCCCCCCCCCCCCCCCCCCCC.